The van der Waals surface area contributed by atoms with Crippen LogP contribution in [0.15, 0.2) is 11.4 Å². The molecule has 3 nitrogen and oxygen atoms in total. The predicted molar refractivity (Wildman–Crippen MR) is 37.8 cm³/mol. The second kappa shape index (κ2) is 4.21. The lowest BCUT2D eigenvalue weighted by Crippen LogP contribution is -2.16. The van der Waals surface area contributed by atoms with Gasteiger partial charge in [-0.15, -0.1) is 0 Å². The van der Waals surface area contributed by atoms with Crippen LogP contribution in [0.1, 0.15) is 6.92 Å². The van der Waals surface area contributed by atoms with E-state index in [1.54, 1.807) is 7.11 Å². The number of hydrogen-bond acceptors (Lipinski definition) is 3. The fourth-order valence-electron chi connectivity index (χ4n) is 0.528. The third kappa shape index (κ3) is 2.98. The van der Waals surface area contributed by atoms with Gasteiger partial charge in [-0.1, -0.05) is 0 Å². The van der Waals surface area contributed by atoms with Crippen molar-refractivity contribution in [2.75, 3.05) is 20.8 Å². The van der Waals surface area contributed by atoms with Gasteiger partial charge in [0, 0.05) is 19.9 Å². The largest absolute Gasteiger partial charge is 0.401 e. The van der Waals surface area contributed by atoms with E-state index in [4.69, 9.17) is 10.5 Å². The zero-order valence-electron chi connectivity index (χ0n) is 6.19. The van der Waals surface area contributed by atoms with E-state index in [0.29, 0.717) is 6.61 Å². The minimum Gasteiger partial charge on any atom is -0.401 e. The quantitative estimate of drug-likeness (QED) is 0.567. The van der Waals surface area contributed by atoms with E-state index in [1.165, 1.54) is 0 Å². The molecule has 0 aromatic carbocycles. The van der Waals surface area contributed by atoms with E-state index in [2.05, 4.69) is 5.32 Å². The van der Waals surface area contributed by atoms with Crippen molar-refractivity contribution in [3.63, 3.8) is 0 Å². The molecule has 9 heavy (non-hydrogen) atoms. The fraction of sp³-hybridized carbons (Fsp3) is 0.667. The topological polar surface area (TPSA) is 47.3 Å². The van der Waals surface area contributed by atoms with Gasteiger partial charge in [0.05, 0.1) is 12.3 Å². The molecule has 0 aliphatic heterocycles. The number of nitrogens with two attached hydrogens (primary N) is 1. The van der Waals surface area contributed by atoms with Crippen LogP contribution in [0.3, 0.4) is 0 Å². The van der Waals surface area contributed by atoms with Gasteiger partial charge in [0.1, 0.15) is 0 Å². The first-order chi connectivity index (χ1) is 4.22. The Balaban J connectivity index is 3.83. The summed E-state index contributed by atoms with van der Waals surface area (Å²) in [7, 11) is 3.46. The van der Waals surface area contributed by atoms with Crippen LogP contribution in [0.5, 0.6) is 0 Å². The summed E-state index contributed by atoms with van der Waals surface area (Å²) in [6, 6.07) is 0. The molecule has 0 rings (SSSR count). The summed E-state index contributed by atoms with van der Waals surface area (Å²) >= 11 is 0. The third-order valence-corrected chi connectivity index (χ3v) is 1.07. The minimum absolute atomic E-state index is 0.554. The maximum atomic E-state index is 5.47. The summed E-state index contributed by atoms with van der Waals surface area (Å²) in [5.41, 5.74) is 7.19. The molecule has 0 unspecified atom stereocenters. The van der Waals surface area contributed by atoms with Crippen molar-refractivity contribution in [3.05, 3.63) is 11.4 Å². The van der Waals surface area contributed by atoms with Crippen molar-refractivity contribution in [1.29, 1.82) is 0 Å². The number of ether oxygens (including phenoxy) is 1. The van der Waals surface area contributed by atoms with Crippen LogP contribution >= 0.6 is 0 Å². The number of hydrogen-bond donors (Lipinski definition) is 2. The van der Waals surface area contributed by atoms with Crippen LogP contribution in [0, 0.1) is 0 Å². The van der Waals surface area contributed by atoms with Gasteiger partial charge < -0.3 is 15.8 Å². The van der Waals surface area contributed by atoms with Gasteiger partial charge in [0.15, 0.2) is 0 Å². The molecule has 54 valence electrons. The maximum absolute atomic E-state index is 5.47. The summed E-state index contributed by atoms with van der Waals surface area (Å²) in [6.45, 7) is 2.39. The summed E-state index contributed by atoms with van der Waals surface area (Å²) in [5, 5.41) is 2.93. The Morgan fingerprint density at radius 2 is 2.22 bits per heavy atom. The third-order valence-electron chi connectivity index (χ3n) is 1.07. The molecule has 0 saturated heterocycles. The van der Waals surface area contributed by atoms with Crippen LogP contribution in [0.25, 0.3) is 0 Å². The Morgan fingerprint density at radius 3 is 2.33 bits per heavy atom. The lowest BCUT2D eigenvalue weighted by Gasteiger charge is -2.06. The highest BCUT2D eigenvalue weighted by atomic mass is 16.5. The summed E-state index contributed by atoms with van der Waals surface area (Å²) in [6.07, 6.45) is 0. The first-order valence-electron chi connectivity index (χ1n) is 2.84. The average molecular weight is 130 g/mol. The molecular formula is C6H14N2O. The zero-order chi connectivity index (χ0) is 7.28. The first-order valence-corrected chi connectivity index (χ1v) is 2.84. The van der Waals surface area contributed by atoms with Gasteiger partial charge in [-0.25, -0.2) is 0 Å². The zero-order valence-corrected chi connectivity index (χ0v) is 6.19. The lowest BCUT2D eigenvalue weighted by atomic mass is 10.4. The van der Waals surface area contributed by atoms with E-state index in [0.717, 1.165) is 11.4 Å². The summed E-state index contributed by atoms with van der Waals surface area (Å²) in [4.78, 5) is 0. The molecule has 0 atom stereocenters. The Bertz CT molecular complexity index is 106. The molecule has 0 aliphatic rings. The van der Waals surface area contributed by atoms with E-state index < -0.39 is 0 Å². The van der Waals surface area contributed by atoms with Crippen molar-refractivity contribution >= 4 is 0 Å². The SMILES string of the molecule is CN/C(COC)=C(\C)N. The molecule has 3 N–H and O–H groups in total. The standard InChI is InChI=1S/C6H14N2O/c1-5(7)6(8-2)4-9-3/h8H,4,7H2,1-3H3/b6-5+. The number of rotatable bonds is 3. The van der Waals surface area contributed by atoms with Crippen LogP contribution < -0.4 is 11.1 Å². The smallest absolute Gasteiger partial charge is 0.0875 e. The molecule has 0 heterocycles. The van der Waals surface area contributed by atoms with Gasteiger partial charge in [-0.3, -0.25) is 0 Å². The van der Waals surface area contributed by atoms with Crippen LogP contribution in [0.2, 0.25) is 0 Å². The highest BCUT2D eigenvalue weighted by Crippen LogP contribution is 1.91. The maximum Gasteiger partial charge on any atom is 0.0875 e. The average Bonchev–Trinajstić information content (AvgIpc) is 1.82. The molecule has 0 aromatic rings. The molecule has 0 bridgehead atoms. The normalized spacial score (nSPS) is 12.8. The monoisotopic (exact) mass is 130 g/mol. The Morgan fingerprint density at radius 1 is 1.67 bits per heavy atom. The fourth-order valence-corrected chi connectivity index (χ4v) is 0.528. The molecule has 3 heteroatoms. The van der Waals surface area contributed by atoms with Crippen LogP contribution in [-0.4, -0.2) is 20.8 Å². The van der Waals surface area contributed by atoms with Crippen LogP contribution in [0.4, 0.5) is 0 Å². The van der Waals surface area contributed by atoms with E-state index in [1.807, 2.05) is 14.0 Å². The highest BCUT2D eigenvalue weighted by molar-refractivity contribution is 5.06. The highest BCUT2D eigenvalue weighted by Gasteiger charge is 1.93. The van der Waals surface area contributed by atoms with Crippen molar-refractivity contribution in [1.82, 2.24) is 5.32 Å². The van der Waals surface area contributed by atoms with Gasteiger partial charge in [-0.05, 0) is 6.92 Å². The van der Waals surface area contributed by atoms with Crippen LogP contribution in [-0.2, 0) is 4.74 Å². The van der Waals surface area contributed by atoms with E-state index in [-0.39, 0.29) is 0 Å². The minimum atomic E-state index is 0.554. The molecule has 0 saturated carbocycles. The molecule has 0 aromatic heterocycles. The summed E-state index contributed by atoms with van der Waals surface area (Å²) in [5.74, 6) is 0. The summed E-state index contributed by atoms with van der Waals surface area (Å²) < 4.78 is 4.86. The second-order valence-corrected chi connectivity index (χ2v) is 1.84. The Kier molecular flexibility index (Phi) is 3.88. The van der Waals surface area contributed by atoms with E-state index >= 15 is 0 Å². The van der Waals surface area contributed by atoms with Gasteiger partial charge in [0.2, 0.25) is 0 Å². The van der Waals surface area contributed by atoms with Gasteiger partial charge >= 0.3 is 0 Å². The number of likely N-dealkylation sites (N-methyl/N-ethyl adjacent to an activating group) is 1. The van der Waals surface area contributed by atoms with Crippen molar-refractivity contribution in [3.8, 4) is 0 Å². The predicted octanol–water partition coefficient (Wildman–Crippen LogP) is 0.0424. The van der Waals surface area contributed by atoms with Crippen molar-refractivity contribution in [2.24, 2.45) is 5.73 Å². The molecule has 0 fully saturated rings. The van der Waals surface area contributed by atoms with Crippen molar-refractivity contribution in [2.45, 2.75) is 6.92 Å². The van der Waals surface area contributed by atoms with Gasteiger partial charge in [0.25, 0.3) is 0 Å². The van der Waals surface area contributed by atoms with Crippen molar-refractivity contribution < 1.29 is 4.74 Å². The molecule has 0 radical (unpaired) electrons. The van der Waals surface area contributed by atoms with E-state index in [9.17, 15) is 0 Å². The number of nitrogens with one attached hydrogen (secondary N) is 1. The molecule has 0 spiro atoms. The van der Waals surface area contributed by atoms with Gasteiger partial charge in [-0.2, -0.15) is 0 Å². The molecule has 0 aliphatic carbocycles. The lowest BCUT2D eigenvalue weighted by molar-refractivity contribution is 0.220. The molecular weight excluding hydrogens is 116 g/mol. The second-order valence-electron chi connectivity index (χ2n) is 1.84. The number of methoxy groups -OCH3 is 1. The Labute approximate surface area is 55.9 Å². The Hall–Kier alpha value is -0.700. The molecule has 0 amide bonds. The number of allylic oxidation sites excluding steroid dienone is 1. The first kappa shape index (κ1) is 8.30.